The molecule has 0 saturated carbocycles. The predicted octanol–water partition coefficient (Wildman–Crippen LogP) is 6.98. The number of methoxy groups -OCH3 is 1. The second-order valence-corrected chi connectivity index (χ2v) is 11.5. The summed E-state index contributed by atoms with van der Waals surface area (Å²) in [5, 5.41) is 3.62. The average molecular weight is 595 g/mol. The first-order chi connectivity index (χ1) is 20.4. The smallest absolute Gasteiger partial charge is 0.238 e. The van der Waals surface area contributed by atoms with Crippen molar-refractivity contribution in [1.82, 2.24) is 4.90 Å². The SMILES string of the molecule is COc1ccc(C(=O)[C@@H]2[C@H](C(=O)c3ccc(Cl)cc3Cl)N3C=Cc4ccccc4[C@H]3[C@]23C(=O)Nc2ccccc23)cc1. The van der Waals surface area contributed by atoms with E-state index in [1.807, 2.05) is 65.7 Å². The van der Waals surface area contributed by atoms with Crippen LogP contribution in [0.2, 0.25) is 10.0 Å². The van der Waals surface area contributed by atoms with Crippen molar-refractivity contribution in [2.75, 3.05) is 12.4 Å². The van der Waals surface area contributed by atoms with Gasteiger partial charge in [0.05, 0.1) is 24.1 Å². The molecule has 1 spiro atoms. The molecule has 1 fully saturated rings. The lowest BCUT2D eigenvalue weighted by Gasteiger charge is -2.38. The molecule has 0 unspecified atom stereocenters. The Kier molecular flexibility index (Phi) is 6.22. The van der Waals surface area contributed by atoms with Crippen molar-refractivity contribution in [3.05, 3.63) is 135 Å². The summed E-state index contributed by atoms with van der Waals surface area (Å²) in [4.78, 5) is 45.8. The summed E-state index contributed by atoms with van der Waals surface area (Å²) in [6, 6.07) is 24.9. The second kappa shape index (κ2) is 9.86. The van der Waals surface area contributed by atoms with E-state index in [0.717, 1.165) is 11.1 Å². The number of amides is 1. The van der Waals surface area contributed by atoms with Gasteiger partial charge in [-0.3, -0.25) is 14.4 Å². The number of carbonyl (C=O) groups is 3. The molecule has 4 aromatic carbocycles. The number of anilines is 1. The molecule has 1 N–H and O–H groups in total. The van der Waals surface area contributed by atoms with Gasteiger partial charge in [-0.25, -0.2) is 0 Å². The van der Waals surface area contributed by atoms with E-state index in [1.54, 1.807) is 43.5 Å². The summed E-state index contributed by atoms with van der Waals surface area (Å²) in [6.07, 6.45) is 3.75. The Morgan fingerprint density at radius 1 is 0.905 bits per heavy atom. The fourth-order valence-electron chi connectivity index (χ4n) is 6.95. The minimum atomic E-state index is -1.42. The lowest BCUT2D eigenvalue weighted by Crippen LogP contribution is -2.49. The first-order valence-corrected chi connectivity index (χ1v) is 14.2. The molecule has 0 aliphatic carbocycles. The molecule has 3 heterocycles. The van der Waals surface area contributed by atoms with Crippen LogP contribution in [0, 0.1) is 5.92 Å². The third-order valence-electron chi connectivity index (χ3n) is 8.69. The number of rotatable bonds is 5. The molecule has 3 aliphatic rings. The summed E-state index contributed by atoms with van der Waals surface area (Å²) in [6.45, 7) is 0. The number of fused-ring (bicyclic) bond motifs is 6. The molecule has 3 aliphatic heterocycles. The number of benzene rings is 4. The van der Waals surface area contributed by atoms with Crippen LogP contribution in [-0.4, -0.2) is 35.5 Å². The van der Waals surface area contributed by atoms with Gasteiger partial charge < -0.3 is 15.0 Å². The Bertz CT molecular complexity index is 1820. The van der Waals surface area contributed by atoms with E-state index < -0.39 is 23.4 Å². The quantitative estimate of drug-likeness (QED) is 0.252. The molecule has 0 radical (unpaired) electrons. The van der Waals surface area contributed by atoms with Crippen LogP contribution >= 0.6 is 23.2 Å². The number of ether oxygens (including phenoxy) is 1. The van der Waals surface area contributed by atoms with E-state index in [0.29, 0.717) is 27.6 Å². The number of ketones is 2. The topological polar surface area (TPSA) is 75.7 Å². The van der Waals surface area contributed by atoms with Crippen molar-refractivity contribution >= 4 is 52.4 Å². The third-order valence-corrected chi connectivity index (χ3v) is 9.24. The average Bonchev–Trinajstić information content (AvgIpc) is 3.49. The molecule has 1 saturated heterocycles. The van der Waals surface area contributed by atoms with Crippen molar-refractivity contribution in [3.8, 4) is 5.75 Å². The second-order valence-electron chi connectivity index (χ2n) is 10.7. The molecule has 4 aromatic rings. The van der Waals surface area contributed by atoms with Crippen molar-refractivity contribution < 1.29 is 19.1 Å². The number of halogens is 2. The number of hydrogen-bond donors (Lipinski definition) is 1. The van der Waals surface area contributed by atoms with Crippen LogP contribution in [0.1, 0.15) is 43.4 Å². The number of nitrogens with one attached hydrogen (secondary N) is 1. The Hall–Kier alpha value is -4.39. The number of carbonyl (C=O) groups excluding carboxylic acids is 3. The number of nitrogens with zero attached hydrogens (tertiary/aromatic N) is 1. The predicted molar refractivity (Wildman–Crippen MR) is 162 cm³/mol. The highest BCUT2D eigenvalue weighted by atomic mass is 35.5. The van der Waals surface area contributed by atoms with Gasteiger partial charge in [0.2, 0.25) is 5.91 Å². The molecule has 7 rings (SSSR count). The van der Waals surface area contributed by atoms with Gasteiger partial charge in [0, 0.05) is 28.0 Å². The summed E-state index contributed by atoms with van der Waals surface area (Å²) in [7, 11) is 1.55. The van der Waals surface area contributed by atoms with E-state index in [-0.39, 0.29) is 28.1 Å². The van der Waals surface area contributed by atoms with Crippen LogP contribution in [0.3, 0.4) is 0 Å². The fraction of sp³-hybridized carbons (Fsp3) is 0.147. The van der Waals surface area contributed by atoms with Crippen molar-refractivity contribution in [3.63, 3.8) is 0 Å². The number of Topliss-reactive ketones (excluding diaryl/α,β-unsaturated/α-hetero) is 2. The van der Waals surface area contributed by atoms with E-state index in [1.165, 1.54) is 6.07 Å². The van der Waals surface area contributed by atoms with Gasteiger partial charge in [0.1, 0.15) is 17.2 Å². The Balaban J connectivity index is 1.53. The normalized spacial score (nSPS) is 23.3. The molecule has 1 amide bonds. The van der Waals surface area contributed by atoms with Crippen LogP contribution in [0.25, 0.3) is 6.08 Å². The maximum absolute atomic E-state index is 14.8. The van der Waals surface area contributed by atoms with Gasteiger partial charge in [-0.05, 0) is 71.3 Å². The van der Waals surface area contributed by atoms with Crippen LogP contribution in [0.15, 0.2) is 97.2 Å². The van der Waals surface area contributed by atoms with E-state index >= 15 is 0 Å². The fourth-order valence-corrected chi connectivity index (χ4v) is 7.45. The monoisotopic (exact) mass is 594 g/mol. The molecule has 42 heavy (non-hydrogen) atoms. The highest BCUT2D eigenvalue weighted by Crippen LogP contribution is 2.62. The van der Waals surface area contributed by atoms with Crippen LogP contribution < -0.4 is 10.1 Å². The van der Waals surface area contributed by atoms with Crippen LogP contribution in [0.5, 0.6) is 5.75 Å². The molecule has 8 heteroatoms. The van der Waals surface area contributed by atoms with Gasteiger partial charge in [-0.15, -0.1) is 0 Å². The van der Waals surface area contributed by atoms with E-state index in [9.17, 15) is 14.4 Å². The van der Waals surface area contributed by atoms with Crippen molar-refractivity contribution in [1.29, 1.82) is 0 Å². The van der Waals surface area contributed by atoms with E-state index in [2.05, 4.69) is 5.32 Å². The van der Waals surface area contributed by atoms with Gasteiger partial charge in [0.15, 0.2) is 11.6 Å². The first kappa shape index (κ1) is 26.5. The minimum Gasteiger partial charge on any atom is -0.497 e. The molecule has 0 aromatic heterocycles. The first-order valence-electron chi connectivity index (χ1n) is 13.5. The van der Waals surface area contributed by atoms with Crippen LogP contribution in [-0.2, 0) is 10.2 Å². The van der Waals surface area contributed by atoms with Gasteiger partial charge in [-0.1, -0.05) is 65.7 Å². The van der Waals surface area contributed by atoms with Crippen LogP contribution in [0.4, 0.5) is 5.69 Å². The van der Waals surface area contributed by atoms with E-state index in [4.69, 9.17) is 27.9 Å². The Morgan fingerprint density at radius 2 is 1.64 bits per heavy atom. The number of para-hydroxylation sites is 1. The van der Waals surface area contributed by atoms with Gasteiger partial charge >= 0.3 is 0 Å². The minimum absolute atomic E-state index is 0.179. The number of hydrogen-bond acceptors (Lipinski definition) is 5. The van der Waals surface area contributed by atoms with Gasteiger partial charge in [-0.2, -0.15) is 0 Å². The Morgan fingerprint density at radius 3 is 2.40 bits per heavy atom. The lowest BCUT2D eigenvalue weighted by atomic mass is 9.62. The zero-order valence-corrected chi connectivity index (χ0v) is 23.9. The Labute approximate surface area is 252 Å². The standard InChI is InChI=1S/C34H24Cl2N2O4/c1-42-22-13-10-20(11-14-22)30(39)28-29(31(40)24-15-12-21(35)18-26(24)36)38-17-16-19-6-2-3-7-23(19)32(38)34(28)25-8-4-5-9-27(25)37-33(34)41/h2-18,28-29,32H,1H3,(H,37,41)/t28-,29+,32-,34+/m0/s1. The van der Waals surface area contributed by atoms with Gasteiger partial charge in [0.25, 0.3) is 0 Å². The van der Waals surface area contributed by atoms with Crippen molar-refractivity contribution in [2.24, 2.45) is 5.92 Å². The largest absolute Gasteiger partial charge is 0.497 e. The molecule has 0 bridgehead atoms. The third kappa shape index (κ3) is 3.68. The molecular weight excluding hydrogens is 571 g/mol. The zero-order valence-electron chi connectivity index (χ0n) is 22.4. The summed E-state index contributed by atoms with van der Waals surface area (Å²) in [5.41, 5.74) is 2.26. The maximum Gasteiger partial charge on any atom is 0.238 e. The molecular formula is C34H24Cl2N2O4. The highest BCUT2D eigenvalue weighted by Gasteiger charge is 2.70. The summed E-state index contributed by atoms with van der Waals surface area (Å²) < 4.78 is 5.32. The summed E-state index contributed by atoms with van der Waals surface area (Å²) in [5.74, 6) is -1.53. The molecule has 208 valence electrons. The zero-order chi connectivity index (χ0) is 29.2. The molecule has 6 nitrogen and oxygen atoms in total. The molecule has 4 atom stereocenters. The maximum atomic E-state index is 14.8. The lowest BCUT2D eigenvalue weighted by molar-refractivity contribution is -0.122. The van der Waals surface area contributed by atoms with Crippen molar-refractivity contribution in [2.45, 2.75) is 17.5 Å². The highest BCUT2D eigenvalue weighted by molar-refractivity contribution is 6.37. The summed E-state index contributed by atoms with van der Waals surface area (Å²) >= 11 is 12.7.